The van der Waals surface area contributed by atoms with Crippen LogP contribution in [0.5, 0.6) is 17.2 Å². The summed E-state index contributed by atoms with van der Waals surface area (Å²) in [5, 5.41) is 16.5. The lowest BCUT2D eigenvalue weighted by Gasteiger charge is -2.25. The number of aromatic nitrogens is 3. The third-order valence-electron chi connectivity index (χ3n) is 5.62. The van der Waals surface area contributed by atoms with E-state index in [1.165, 1.54) is 0 Å². The second kappa shape index (κ2) is 11.8. The van der Waals surface area contributed by atoms with E-state index in [2.05, 4.69) is 20.6 Å². The number of hydrogen-bond acceptors (Lipinski definition) is 8. The van der Waals surface area contributed by atoms with Gasteiger partial charge < -0.3 is 19.9 Å². The molecule has 0 spiro atoms. The predicted molar refractivity (Wildman–Crippen MR) is 145 cm³/mol. The van der Waals surface area contributed by atoms with Crippen LogP contribution in [-0.2, 0) is 0 Å². The number of pyridine rings is 3. The zero-order valence-electron chi connectivity index (χ0n) is 21.8. The molecule has 0 aliphatic carbocycles. The van der Waals surface area contributed by atoms with Gasteiger partial charge in [0.05, 0.1) is 5.69 Å². The topological polar surface area (TPSA) is 101 Å². The van der Waals surface area contributed by atoms with E-state index in [1.807, 2.05) is 82.3 Å². The fraction of sp³-hybridized carbons (Fsp3) is 0.276. The van der Waals surface area contributed by atoms with Crippen molar-refractivity contribution in [3.05, 3.63) is 84.3 Å². The zero-order valence-corrected chi connectivity index (χ0v) is 21.8. The number of nitrogens with one attached hydrogen (secondary N) is 2. The number of ether oxygens (including phenoxy) is 2. The molecule has 2 unspecified atom stereocenters. The lowest BCUT2D eigenvalue weighted by molar-refractivity contribution is 0.0218. The van der Waals surface area contributed by atoms with Crippen LogP contribution in [0.2, 0.25) is 0 Å². The average molecular weight is 500 g/mol. The summed E-state index contributed by atoms with van der Waals surface area (Å²) in [5.74, 6) is 2.53. The lowest BCUT2D eigenvalue weighted by atomic mass is 10.1. The quantitative estimate of drug-likeness (QED) is 0.236. The van der Waals surface area contributed by atoms with Crippen LogP contribution in [0.25, 0.3) is 11.4 Å². The summed E-state index contributed by atoms with van der Waals surface area (Å²) in [7, 11) is 0. The van der Waals surface area contributed by atoms with Gasteiger partial charge in [0.25, 0.3) is 0 Å². The Labute approximate surface area is 217 Å². The van der Waals surface area contributed by atoms with Crippen molar-refractivity contribution in [2.45, 2.75) is 53.0 Å². The van der Waals surface area contributed by atoms with Gasteiger partial charge in [0, 0.05) is 35.9 Å². The Hall–Kier alpha value is -4.01. The summed E-state index contributed by atoms with van der Waals surface area (Å²) in [4.78, 5) is 13.6. The standard InChI is InChI=1S/C29H33N5O3/c1-18(2)32-29(21(5)35)37-23-11-9-22(10-12-23)34-27-17-24(13-15-31-27)36-26-16-19(3)20(4)33-28(26)25-8-6-7-14-30-25/h6-18,21,29,32,35H,1-5H3,(H,31,34). The van der Waals surface area contributed by atoms with Gasteiger partial charge >= 0.3 is 0 Å². The van der Waals surface area contributed by atoms with Gasteiger partial charge in [0.1, 0.15) is 29.1 Å². The largest absolute Gasteiger partial charge is 0.473 e. The highest BCUT2D eigenvalue weighted by Gasteiger charge is 2.17. The summed E-state index contributed by atoms with van der Waals surface area (Å²) in [6.07, 6.45) is 2.28. The first-order chi connectivity index (χ1) is 17.8. The van der Waals surface area contributed by atoms with E-state index >= 15 is 0 Å². The Kier molecular flexibility index (Phi) is 8.32. The van der Waals surface area contributed by atoms with E-state index in [9.17, 15) is 5.11 Å². The van der Waals surface area contributed by atoms with Crippen molar-refractivity contribution in [1.82, 2.24) is 20.3 Å². The maximum atomic E-state index is 9.99. The van der Waals surface area contributed by atoms with Crippen LogP contribution in [0.3, 0.4) is 0 Å². The molecule has 2 atom stereocenters. The second-order valence-corrected chi connectivity index (χ2v) is 9.18. The van der Waals surface area contributed by atoms with Gasteiger partial charge in [-0.05, 0) is 88.7 Å². The highest BCUT2D eigenvalue weighted by atomic mass is 16.5. The number of anilines is 2. The number of hydrogen-bond donors (Lipinski definition) is 3. The van der Waals surface area contributed by atoms with E-state index in [4.69, 9.17) is 14.5 Å². The number of aliphatic hydroxyl groups is 1. The fourth-order valence-corrected chi connectivity index (χ4v) is 3.63. The molecule has 0 saturated heterocycles. The van der Waals surface area contributed by atoms with Crippen LogP contribution in [0, 0.1) is 13.8 Å². The van der Waals surface area contributed by atoms with Crippen molar-refractivity contribution >= 4 is 11.5 Å². The van der Waals surface area contributed by atoms with Gasteiger partial charge in [0.2, 0.25) is 0 Å². The molecule has 0 aliphatic rings. The highest BCUT2D eigenvalue weighted by Crippen LogP contribution is 2.33. The van der Waals surface area contributed by atoms with Gasteiger partial charge in [-0.2, -0.15) is 0 Å². The molecule has 0 radical (unpaired) electrons. The monoisotopic (exact) mass is 499 g/mol. The number of aryl methyl sites for hydroxylation is 2. The number of rotatable bonds is 10. The van der Waals surface area contributed by atoms with E-state index in [0.29, 0.717) is 28.8 Å². The van der Waals surface area contributed by atoms with Crippen molar-refractivity contribution in [3.8, 4) is 28.6 Å². The molecule has 0 saturated carbocycles. The first kappa shape index (κ1) is 26.1. The molecule has 3 heterocycles. The van der Waals surface area contributed by atoms with Crippen LogP contribution in [0.4, 0.5) is 11.5 Å². The zero-order chi connectivity index (χ0) is 26.4. The van der Waals surface area contributed by atoms with Crippen LogP contribution in [0.15, 0.2) is 73.1 Å². The Morgan fingerprint density at radius 3 is 2.32 bits per heavy atom. The molecule has 8 heteroatoms. The smallest absolute Gasteiger partial charge is 0.176 e. The molecule has 192 valence electrons. The first-order valence-corrected chi connectivity index (χ1v) is 12.3. The molecule has 4 rings (SSSR count). The molecule has 8 nitrogen and oxygen atoms in total. The number of aliphatic hydroxyl groups excluding tert-OH is 1. The molecule has 37 heavy (non-hydrogen) atoms. The fourth-order valence-electron chi connectivity index (χ4n) is 3.63. The van der Waals surface area contributed by atoms with E-state index in [1.54, 1.807) is 25.4 Å². The van der Waals surface area contributed by atoms with Crippen molar-refractivity contribution in [2.75, 3.05) is 5.32 Å². The second-order valence-electron chi connectivity index (χ2n) is 9.18. The van der Waals surface area contributed by atoms with E-state index in [-0.39, 0.29) is 6.04 Å². The van der Waals surface area contributed by atoms with Crippen LogP contribution in [-0.4, -0.2) is 38.4 Å². The normalized spacial score (nSPS) is 12.7. The molecule has 0 bridgehead atoms. The van der Waals surface area contributed by atoms with Crippen LogP contribution in [0.1, 0.15) is 32.0 Å². The summed E-state index contributed by atoms with van der Waals surface area (Å²) in [6, 6.07) is 19.0. The molecular weight excluding hydrogens is 466 g/mol. The Balaban J connectivity index is 1.49. The summed E-state index contributed by atoms with van der Waals surface area (Å²) < 4.78 is 12.2. The van der Waals surface area contributed by atoms with Crippen molar-refractivity contribution < 1.29 is 14.6 Å². The molecule has 1 aromatic carbocycles. The molecule has 0 fully saturated rings. The minimum atomic E-state index is -0.655. The predicted octanol–water partition coefficient (Wildman–Crippen LogP) is 5.78. The SMILES string of the molecule is Cc1cc(Oc2ccnc(Nc3ccc(OC(NC(C)C)C(C)O)cc3)c2)c(-c2ccccn2)nc1C. The minimum absolute atomic E-state index is 0.181. The van der Waals surface area contributed by atoms with Gasteiger partial charge in [-0.25, -0.2) is 9.97 Å². The Morgan fingerprint density at radius 1 is 0.865 bits per heavy atom. The van der Waals surface area contributed by atoms with Gasteiger partial charge in [0.15, 0.2) is 12.0 Å². The maximum Gasteiger partial charge on any atom is 0.176 e. The molecule has 4 aromatic rings. The lowest BCUT2D eigenvalue weighted by Crippen LogP contribution is -2.46. The van der Waals surface area contributed by atoms with Crippen LogP contribution < -0.4 is 20.1 Å². The van der Waals surface area contributed by atoms with Crippen molar-refractivity contribution in [3.63, 3.8) is 0 Å². The van der Waals surface area contributed by atoms with Crippen LogP contribution >= 0.6 is 0 Å². The third-order valence-corrected chi connectivity index (χ3v) is 5.62. The first-order valence-electron chi connectivity index (χ1n) is 12.3. The summed E-state index contributed by atoms with van der Waals surface area (Å²) in [6.45, 7) is 9.69. The number of benzene rings is 1. The molecular formula is C29H33N5O3. The third kappa shape index (κ3) is 7.03. The van der Waals surface area contributed by atoms with Gasteiger partial charge in [-0.15, -0.1) is 0 Å². The number of nitrogens with zero attached hydrogens (tertiary/aromatic N) is 3. The summed E-state index contributed by atoms with van der Waals surface area (Å²) >= 11 is 0. The average Bonchev–Trinajstić information content (AvgIpc) is 2.87. The Morgan fingerprint density at radius 2 is 1.65 bits per heavy atom. The maximum absolute atomic E-state index is 9.99. The van der Waals surface area contributed by atoms with Gasteiger partial charge in [-0.3, -0.25) is 10.3 Å². The molecule has 0 amide bonds. The van der Waals surface area contributed by atoms with E-state index in [0.717, 1.165) is 22.6 Å². The van der Waals surface area contributed by atoms with Gasteiger partial charge in [-0.1, -0.05) is 6.07 Å². The minimum Gasteiger partial charge on any atom is -0.473 e. The van der Waals surface area contributed by atoms with E-state index < -0.39 is 12.3 Å². The Bertz CT molecular complexity index is 1310. The molecule has 3 aromatic heterocycles. The molecule has 3 N–H and O–H groups in total. The highest BCUT2D eigenvalue weighted by molar-refractivity contribution is 5.65. The summed E-state index contributed by atoms with van der Waals surface area (Å²) in [5.41, 5.74) is 4.23. The van der Waals surface area contributed by atoms with Crippen molar-refractivity contribution in [2.24, 2.45) is 0 Å². The van der Waals surface area contributed by atoms with Crippen molar-refractivity contribution in [1.29, 1.82) is 0 Å². The molecule has 0 aliphatic heterocycles.